The van der Waals surface area contributed by atoms with Crippen molar-refractivity contribution in [2.45, 2.75) is 19.0 Å². The zero-order valence-electron chi connectivity index (χ0n) is 15.9. The van der Waals surface area contributed by atoms with E-state index < -0.39 is 22.4 Å². The molecule has 2 aromatic rings. The molecule has 0 saturated carbocycles. The number of amides is 1. The fraction of sp³-hybridized carbons (Fsp3) is 0.350. The number of piperazine rings is 1. The minimum absolute atomic E-state index is 0.106. The number of nitro groups is 1. The molecule has 0 unspecified atom stereocenters. The van der Waals surface area contributed by atoms with Crippen molar-refractivity contribution in [1.29, 1.82) is 0 Å². The van der Waals surface area contributed by atoms with Gasteiger partial charge >= 0.3 is 6.18 Å². The third-order valence-electron chi connectivity index (χ3n) is 5.07. The standard InChI is InChI=1S/C20H20F3N3O4/c21-20(22,23)15-6-7-16(17(13-15)26(29)30)24-9-11-25(12-10-24)19(28)8-5-14-3-1-2-4-18(14)27/h1-4,6-7,13,27H,5,8-12H2. The van der Waals surface area contributed by atoms with Crippen molar-refractivity contribution in [1.82, 2.24) is 4.90 Å². The molecule has 0 spiro atoms. The second kappa shape index (κ2) is 8.60. The second-order valence-electron chi connectivity index (χ2n) is 6.95. The molecule has 1 amide bonds. The highest BCUT2D eigenvalue weighted by Crippen LogP contribution is 2.36. The second-order valence-corrected chi connectivity index (χ2v) is 6.95. The van der Waals surface area contributed by atoms with E-state index in [0.717, 1.165) is 12.1 Å². The van der Waals surface area contributed by atoms with E-state index >= 15 is 0 Å². The van der Waals surface area contributed by atoms with E-state index in [1.165, 1.54) is 0 Å². The summed E-state index contributed by atoms with van der Waals surface area (Å²) >= 11 is 0. The van der Waals surface area contributed by atoms with Crippen LogP contribution in [-0.2, 0) is 17.4 Å². The quantitative estimate of drug-likeness (QED) is 0.587. The highest BCUT2D eigenvalue weighted by molar-refractivity contribution is 5.77. The van der Waals surface area contributed by atoms with Crippen LogP contribution >= 0.6 is 0 Å². The molecule has 1 aliphatic heterocycles. The molecule has 1 N–H and O–H groups in total. The Morgan fingerprint density at radius 2 is 1.77 bits per heavy atom. The molecule has 0 radical (unpaired) electrons. The predicted molar refractivity (Wildman–Crippen MR) is 103 cm³/mol. The summed E-state index contributed by atoms with van der Waals surface area (Å²) in [6.45, 7) is 1.15. The molecular weight excluding hydrogens is 403 g/mol. The van der Waals surface area contributed by atoms with Crippen LogP contribution in [0, 0.1) is 10.1 Å². The summed E-state index contributed by atoms with van der Waals surface area (Å²) in [4.78, 5) is 26.1. The maximum Gasteiger partial charge on any atom is 0.416 e. The number of rotatable bonds is 5. The van der Waals surface area contributed by atoms with Gasteiger partial charge in [-0.05, 0) is 30.2 Å². The number of benzene rings is 2. The van der Waals surface area contributed by atoms with Gasteiger partial charge in [-0.3, -0.25) is 14.9 Å². The van der Waals surface area contributed by atoms with Crippen LogP contribution < -0.4 is 4.90 Å². The summed E-state index contributed by atoms with van der Waals surface area (Å²) < 4.78 is 38.6. The van der Waals surface area contributed by atoms with Crippen LogP contribution in [0.2, 0.25) is 0 Å². The number of hydrogen-bond acceptors (Lipinski definition) is 5. The van der Waals surface area contributed by atoms with Crippen LogP contribution in [0.5, 0.6) is 5.75 Å². The zero-order chi connectivity index (χ0) is 21.9. The van der Waals surface area contributed by atoms with E-state index in [1.54, 1.807) is 34.1 Å². The van der Waals surface area contributed by atoms with Gasteiger partial charge in [0.1, 0.15) is 11.4 Å². The van der Waals surface area contributed by atoms with Crippen LogP contribution in [0.15, 0.2) is 42.5 Å². The smallest absolute Gasteiger partial charge is 0.416 e. The SMILES string of the molecule is O=C(CCc1ccccc1O)N1CCN(c2ccc(C(F)(F)F)cc2[N+](=O)[O-])CC1. The molecule has 0 bridgehead atoms. The Morgan fingerprint density at radius 3 is 2.37 bits per heavy atom. The molecule has 7 nitrogen and oxygen atoms in total. The first-order chi connectivity index (χ1) is 14.2. The Morgan fingerprint density at radius 1 is 1.10 bits per heavy atom. The number of aryl methyl sites for hydroxylation is 1. The number of hydrogen-bond donors (Lipinski definition) is 1. The molecule has 160 valence electrons. The monoisotopic (exact) mass is 423 g/mol. The van der Waals surface area contributed by atoms with Crippen molar-refractivity contribution in [2.24, 2.45) is 0 Å². The Hall–Kier alpha value is -3.30. The van der Waals surface area contributed by atoms with E-state index in [1.807, 2.05) is 0 Å². The van der Waals surface area contributed by atoms with Crippen LogP contribution in [-0.4, -0.2) is 47.0 Å². The molecule has 3 rings (SSSR count). The van der Waals surface area contributed by atoms with Crippen LogP contribution in [0.25, 0.3) is 0 Å². The van der Waals surface area contributed by atoms with Gasteiger partial charge in [-0.25, -0.2) is 0 Å². The number of anilines is 1. The van der Waals surface area contributed by atoms with Crippen LogP contribution in [0.1, 0.15) is 17.5 Å². The summed E-state index contributed by atoms with van der Waals surface area (Å²) in [6, 6.07) is 9.23. The maximum atomic E-state index is 12.9. The summed E-state index contributed by atoms with van der Waals surface area (Å²) in [5.41, 5.74) is -0.903. The highest BCUT2D eigenvalue weighted by atomic mass is 19.4. The number of para-hydroxylation sites is 1. The fourth-order valence-electron chi connectivity index (χ4n) is 3.43. The lowest BCUT2D eigenvalue weighted by atomic mass is 10.1. The molecule has 0 aliphatic carbocycles. The first-order valence-electron chi connectivity index (χ1n) is 9.32. The molecule has 1 aliphatic rings. The first-order valence-corrected chi connectivity index (χ1v) is 9.32. The lowest BCUT2D eigenvalue weighted by Crippen LogP contribution is -2.49. The molecule has 10 heteroatoms. The van der Waals surface area contributed by atoms with Gasteiger partial charge in [-0.1, -0.05) is 18.2 Å². The average molecular weight is 423 g/mol. The van der Waals surface area contributed by atoms with Crippen molar-refractivity contribution < 1.29 is 28.0 Å². The summed E-state index contributed by atoms with van der Waals surface area (Å²) in [5.74, 6) is 0.0181. The molecule has 30 heavy (non-hydrogen) atoms. The molecule has 0 atom stereocenters. The van der Waals surface area contributed by atoms with Crippen LogP contribution in [0.3, 0.4) is 0 Å². The van der Waals surface area contributed by atoms with Crippen molar-refractivity contribution in [3.63, 3.8) is 0 Å². The number of carbonyl (C=O) groups is 1. The third-order valence-corrected chi connectivity index (χ3v) is 5.07. The van der Waals surface area contributed by atoms with Crippen molar-refractivity contribution in [2.75, 3.05) is 31.1 Å². The topological polar surface area (TPSA) is 86.9 Å². The van der Waals surface area contributed by atoms with Crippen molar-refractivity contribution in [3.8, 4) is 5.75 Å². The van der Waals surface area contributed by atoms with Crippen molar-refractivity contribution in [3.05, 3.63) is 63.7 Å². The molecule has 2 aromatic carbocycles. The van der Waals surface area contributed by atoms with Gasteiger partial charge in [-0.15, -0.1) is 0 Å². The van der Waals surface area contributed by atoms with Crippen molar-refractivity contribution >= 4 is 17.3 Å². The number of phenols is 1. The number of nitro benzene ring substituents is 1. The number of phenolic OH excluding ortho intramolecular Hbond substituents is 1. The van der Waals surface area contributed by atoms with Gasteiger partial charge in [0.25, 0.3) is 5.69 Å². The Kier molecular flexibility index (Phi) is 6.14. The highest BCUT2D eigenvalue weighted by Gasteiger charge is 2.34. The van der Waals surface area contributed by atoms with Gasteiger partial charge in [0, 0.05) is 38.7 Å². The lowest BCUT2D eigenvalue weighted by molar-refractivity contribution is -0.384. The summed E-state index contributed by atoms with van der Waals surface area (Å²) in [6.07, 6.45) is -4.07. The van der Waals surface area contributed by atoms with E-state index in [-0.39, 0.29) is 36.9 Å². The van der Waals surface area contributed by atoms with E-state index in [4.69, 9.17) is 0 Å². The fourth-order valence-corrected chi connectivity index (χ4v) is 3.43. The Balaban J connectivity index is 1.63. The van der Waals surface area contributed by atoms with Gasteiger partial charge in [0.2, 0.25) is 5.91 Å². The molecule has 1 saturated heterocycles. The maximum absolute atomic E-state index is 12.9. The number of carbonyl (C=O) groups excluding carboxylic acids is 1. The molecule has 0 aromatic heterocycles. The van der Waals surface area contributed by atoms with E-state index in [9.17, 15) is 33.2 Å². The number of halogens is 3. The average Bonchev–Trinajstić information content (AvgIpc) is 2.72. The number of alkyl halides is 3. The molecule has 1 heterocycles. The molecule has 1 fully saturated rings. The van der Waals surface area contributed by atoms with Gasteiger partial charge in [-0.2, -0.15) is 13.2 Å². The Labute approximate surface area is 170 Å². The summed E-state index contributed by atoms with van der Waals surface area (Å²) in [7, 11) is 0. The third kappa shape index (κ3) is 4.81. The number of aromatic hydroxyl groups is 1. The zero-order valence-corrected chi connectivity index (χ0v) is 15.9. The Bertz CT molecular complexity index is 941. The van der Waals surface area contributed by atoms with Crippen LogP contribution in [0.4, 0.5) is 24.5 Å². The van der Waals surface area contributed by atoms with E-state index in [0.29, 0.717) is 31.1 Å². The summed E-state index contributed by atoms with van der Waals surface area (Å²) in [5, 5.41) is 21.1. The minimum atomic E-state index is -4.67. The van der Waals surface area contributed by atoms with Gasteiger partial charge in [0.15, 0.2) is 0 Å². The normalized spacial score (nSPS) is 14.6. The number of nitrogens with zero attached hydrogens (tertiary/aromatic N) is 3. The van der Waals surface area contributed by atoms with Gasteiger partial charge < -0.3 is 14.9 Å². The lowest BCUT2D eigenvalue weighted by Gasteiger charge is -2.36. The first kappa shape index (κ1) is 21.4. The van der Waals surface area contributed by atoms with E-state index in [2.05, 4.69) is 0 Å². The minimum Gasteiger partial charge on any atom is -0.508 e. The molecular formula is C20H20F3N3O4. The predicted octanol–water partition coefficient (Wildman–Crippen LogP) is 3.60. The van der Waals surface area contributed by atoms with Gasteiger partial charge in [0.05, 0.1) is 10.5 Å². The largest absolute Gasteiger partial charge is 0.508 e.